The van der Waals surface area contributed by atoms with Crippen molar-refractivity contribution in [3.05, 3.63) is 29.8 Å². The highest BCUT2D eigenvalue weighted by atomic mass is 32.2. The van der Waals surface area contributed by atoms with Crippen molar-refractivity contribution in [2.24, 2.45) is 0 Å². The first-order valence-corrected chi connectivity index (χ1v) is 8.34. The molecule has 1 saturated heterocycles. The summed E-state index contributed by atoms with van der Waals surface area (Å²) in [6, 6.07) is 7.00. The number of rotatable bonds is 4. The van der Waals surface area contributed by atoms with Gasteiger partial charge in [-0.25, -0.2) is 0 Å². The molecular weight excluding hydrogens is 264 g/mol. The van der Waals surface area contributed by atoms with Crippen molar-refractivity contribution in [2.45, 2.75) is 30.3 Å². The Hall–Kier alpha value is -0.610. The highest BCUT2D eigenvalue weighted by molar-refractivity contribution is 8.07. The average molecular weight is 282 g/mol. The lowest BCUT2D eigenvalue weighted by molar-refractivity contribution is -0.117. The lowest BCUT2D eigenvalue weighted by Gasteiger charge is -2.28. The first-order chi connectivity index (χ1) is 8.70. The number of phenolic OH excluding ortho intramolecular Hbond substituents is 1. The SMILES string of the molecule is CCC1SCCSC1C(=O)Cc1cccc(O)c1. The molecule has 0 aromatic heterocycles. The Morgan fingerprint density at radius 3 is 2.89 bits per heavy atom. The van der Waals surface area contributed by atoms with Gasteiger partial charge in [0.25, 0.3) is 0 Å². The molecule has 1 aliphatic rings. The molecule has 18 heavy (non-hydrogen) atoms. The Morgan fingerprint density at radius 2 is 2.17 bits per heavy atom. The molecule has 98 valence electrons. The molecule has 0 radical (unpaired) electrons. The average Bonchev–Trinajstić information content (AvgIpc) is 2.38. The number of ketones is 1. The van der Waals surface area contributed by atoms with Gasteiger partial charge in [0.05, 0.1) is 5.25 Å². The number of aromatic hydroxyl groups is 1. The van der Waals surface area contributed by atoms with Gasteiger partial charge in [0.2, 0.25) is 0 Å². The first kappa shape index (κ1) is 13.8. The molecule has 1 N–H and O–H groups in total. The number of Topliss-reactive ketones (excluding diaryl/α,β-unsaturated/α-hetero) is 1. The van der Waals surface area contributed by atoms with E-state index in [9.17, 15) is 9.90 Å². The molecule has 2 nitrogen and oxygen atoms in total. The van der Waals surface area contributed by atoms with E-state index >= 15 is 0 Å². The second-order valence-corrected chi connectivity index (χ2v) is 7.02. The van der Waals surface area contributed by atoms with Gasteiger partial charge >= 0.3 is 0 Å². The molecular formula is C14H18O2S2. The van der Waals surface area contributed by atoms with Gasteiger partial charge in [0.15, 0.2) is 5.78 Å². The summed E-state index contributed by atoms with van der Waals surface area (Å²) in [7, 11) is 0. The minimum Gasteiger partial charge on any atom is -0.508 e. The number of benzene rings is 1. The van der Waals surface area contributed by atoms with E-state index in [1.807, 2.05) is 17.8 Å². The minimum absolute atomic E-state index is 0.121. The predicted molar refractivity (Wildman–Crippen MR) is 79.6 cm³/mol. The van der Waals surface area contributed by atoms with Crippen molar-refractivity contribution in [3.8, 4) is 5.75 Å². The molecule has 1 aromatic rings. The van der Waals surface area contributed by atoms with Crippen LogP contribution in [-0.4, -0.2) is 32.9 Å². The van der Waals surface area contributed by atoms with Crippen LogP contribution in [0.5, 0.6) is 5.75 Å². The quantitative estimate of drug-likeness (QED) is 0.920. The lowest BCUT2D eigenvalue weighted by atomic mass is 10.0. The van der Waals surface area contributed by atoms with Gasteiger partial charge in [-0.15, -0.1) is 11.8 Å². The summed E-state index contributed by atoms with van der Waals surface area (Å²) in [4.78, 5) is 12.3. The summed E-state index contributed by atoms with van der Waals surface area (Å²) >= 11 is 3.72. The fraction of sp³-hybridized carbons (Fsp3) is 0.500. The highest BCUT2D eigenvalue weighted by Crippen LogP contribution is 2.34. The molecule has 0 saturated carbocycles. The Bertz CT molecular complexity index is 420. The molecule has 4 heteroatoms. The van der Waals surface area contributed by atoms with Gasteiger partial charge in [-0.1, -0.05) is 19.1 Å². The second-order valence-electron chi connectivity index (χ2n) is 4.42. The van der Waals surface area contributed by atoms with Crippen molar-refractivity contribution in [1.82, 2.24) is 0 Å². The van der Waals surface area contributed by atoms with E-state index in [0.717, 1.165) is 23.5 Å². The molecule has 2 unspecified atom stereocenters. The molecule has 1 fully saturated rings. The van der Waals surface area contributed by atoms with E-state index in [4.69, 9.17) is 0 Å². The van der Waals surface area contributed by atoms with Crippen LogP contribution in [0.4, 0.5) is 0 Å². The summed E-state index contributed by atoms with van der Waals surface area (Å²) < 4.78 is 0. The first-order valence-electron chi connectivity index (χ1n) is 6.24. The van der Waals surface area contributed by atoms with Crippen molar-refractivity contribution < 1.29 is 9.90 Å². The monoisotopic (exact) mass is 282 g/mol. The smallest absolute Gasteiger partial charge is 0.151 e. The third-order valence-corrected chi connectivity index (χ3v) is 6.35. The van der Waals surface area contributed by atoms with E-state index in [-0.39, 0.29) is 11.0 Å². The number of phenols is 1. The number of carbonyl (C=O) groups excluding carboxylic acids is 1. The summed E-state index contributed by atoms with van der Waals surface area (Å²) in [5.41, 5.74) is 0.908. The van der Waals surface area contributed by atoms with E-state index in [2.05, 4.69) is 6.92 Å². The van der Waals surface area contributed by atoms with Gasteiger partial charge < -0.3 is 5.11 Å². The van der Waals surface area contributed by atoms with Crippen LogP contribution < -0.4 is 0 Å². The van der Waals surface area contributed by atoms with Gasteiger partial charge in [0, 0.05) is 23.2 Å². The van der Waals surface area contributed by atoms with Gasteiger partial charge in [-0.05, 0) is 24.1 Å². The summed E-state index contributed by atoms with van der Waals surface area (Å²) in [6.07, 6.45) is 1.48. The Morgan fingerprint density at radius 1 is 1.39 bits per heavy atom. The van der Waals surface area contributed by atoms with Crippen LogP contribution in [0, 0.1) is 0 Å². The molecule has 0 spiro atoms. The van der Waals surface area contributed by atoms with Crippen LogP contribution in [-0.2, 0) is 11.2 Å². The van der Waals surface area contributed by atoms with Crippen molar-refractivity contribution in [2.75, 3.05) is 11.5 Å². The molecule has 1 aliphatic heterocycles. The normalized spacial score (nSPS) is 23.8. The maximum absolute atomic E-state index is 12.3. The molecule has 0 bridgehead atoms. The maximum atomic E-state index is 12.3. The maximum Gasteiger partial charge on any atom is 0.151 e. The third kappa shape index (κ3) is 3.45. The molecule has 0 aliphatic carbocycles. The Kier molecular flexibility index (Phi) is 5.01. The summed E-state index contributed by atoms with van der Waals surface area (Å²) in [5, 5.41) is 9.99. The van der Waals surface area contributed by atoms with Crippen LogP contribution in [0.3, 0.4) is 0 Å². The Balaban J connectivity index is 2.02. The van der Waals surface area contributed by atoms with Gasteiger partial charge in [0.1, 0.15) is 5.75 Å². The second kappa shape index (κ2) is 6.53. The standard InChI is InChI=1S/C14H18O2S2/c1-2-13-14(18-7-6-17-13)12(16)9-10-4-3-5-11(15)8-10/h3-5,8,13-15H,2,6-7,9H2,1H3. The van der Waals surface area contributed by atoms with E-state index in [1.54, 1.807) is 30.0 Å². The van der Waals surface area contributed by atoms with Crippen LogP contribution >= 0.6 is 23.5 Å². The lowest BCUT2D eigenvalue weighted by Crippen LogP contribution is -2.33. The van der Waals surface area contributed by atoms with Crippen LogP contribution in [0.1, 0.15) is 18.9 Å². The van der Waals surface area contributed by atoms with E-state index in [1.165, 1.54) is 0 Å². The summed E-state index contributed by atoms with van der Waals surface area (Å²) in [5.74, 6) is 2.75. The fourth-order valence-corrected chi connectivity index (χ4v) is 5.21. The summed E-state index contributed by atoms with van der Waals surface area (Å²) in [6.45, 7) is 2.15. The van der Waals surface area contributed by atoms with Crippen LogP contribution in [0.25, 0.3) is 0 Å². The number of hydrogen-bond donors (Lipinski definition) is 1. The topological polar surface area (TPSA) is 37.3 Å². The van der Waals surface area contributed by atoms with E-state index in [0.29, 0.717) is 17.5 Å². The van der Waals surface area contributed by atoms with Crippen LogP contribution in [0.15, 0.2) is 24.3 Å². The fourth-order valence-electron chi connectivity index (χ4n) is 2.17. The minimum atomic E-state index is 0.121. The highest BCUT2D eigenvalue weighted by Gasteiger charge is 2.30. The number of hydrogen-bond acceptors (Lipinski definition) is 4. The molecule has 1 heterocycles. The number of carbonyl (C=O) groups is 1. The van der Waals surface area contributed by atoms with Crippen LogP contribution in [0.2, 0.25) is 0 Å². The van der Waals surface area contributed by atoms with Crippen molar-refractivity contribution in [3.63, 3.8) is 0 Å². The third-order valence-electron chi connectivity index (χ3n) is 3.06. The van der Waals surface area contributed by atoms with Gasteiger partial charge in [-0.3, -0.25) is 4.79 Å². The zero-order valence-corrected chi connectivity index (χ0v) is 12.1. The molecule has 2 rings (SSSR count). The van der Waals surface area contributed by atoms with Crippen molar-refractivity contribution >= 4 is 29.3 Å². The molecule has 2 atom stereocenters. The van der Waals surface area contributed by atoms with Gasteiger partial charge in [-0.2, -0.15) is 11.8 Å². The Labute approximate surface area is 117 Å². The zero-order chi connectivity index (χ0) is 13.0. The zero-order valence-electron chi connectivity index (χ0n) is 10.5. The largest absolute Gasteiger partial charge is 0.508 e. The van der Waals surface area contributed by atoms with E-state index < -0.39 is 0 Å². The molecule has 1 aromatic carbocycles. The number of thioether (sulfide) groups is 2. The van der Waals surface area contributed by atoms with Crippen molar-refractivity contribution in [1.29, 1.82) is 0 Å². The predicted octanol–water partition coefficient (Wildman–Crippen LogP) is 3.13. The molecule has 0 amide bonds.